The summed E-state index contributed by atoms with van der Waals surface area (Å²) in [5.41, 5.74) is 0.519. The zero-order valence-electron chi connectivity index (χ0n) is 9.75. The molecule has 19 heavy (non-hydrogen) atoms. The van der Waals surface area contributed by atoms with Crippen molar-refractivity contribution in [3.63, 3.8) is 0 Å². The molecular formula is C12H8BrNO4S. The average molecular weight is 342 g/mol. The highest BCUT2D eigenvalue weighted by molar-refractivity contribution is 9.10. The molecule has 0 aliphatic heterocycles. The quantitative estimate of drug-likeness (QED) is 0.471. The normalized spacial score (nSPS) is 10.2. The van der Waals surface area contributed by atoms with Crippen LogP contribution in [0.4, 0.5) is 5.69 Å². The highest BCUT2D eigenvalue weighted by atomic mass is 79.9. The van der Waals surface area contributed by atoms with Gasteiger partial charge in [0.15, 0.2) is 6.29 Å². The van der Waals surface area contributed by atoms with Gasteiger partial charge in [-0.05, 0) is 18.6 Å². The van der Waals surface area contributed by atoms with E-state index < -0.39 is 4.92 Å². The van der Waals surface area contributed by atoms with Gasteiger partial charge < -0.3 is 4.74 Å². The van der Waals surface area contributed by atoms with Gasteiger partial charge in [0.25, 0.3) is 0 Å². The van der Waals surface area contributed by atoms with E-state index in [9.17, 15) is 14.9 Å². The van der Waals surface area contributed by atoms with Crippen molar-refractivity contribution in [3.8, 4) is 11.5 Å². The van der Waals surface area contributed by atoms with Crippen molar-refractivity contribution in [2.24, 2.45) is 0 Å². The first-order chi connectivity index (χ1) is 9.01. The Morgan fingerprint density at radius 1 is 1.42 bits per heavy atom. The molecule has 2 rings (SSSR count). The lowest BCUT2D eigenvalue weighted by Crippen LogP contribution is -1.95. The molecule has 0 saturated carbocycles. The van der Waals surface area contributed by atoms with Crippen LogP contribution >= 0.6 is 27.3 Å². The second kappa shape index (κ2) is 5.50. The summed E-state index contributed by atoms with van der Waals surface area (Å²) in [6, 6.07) is 4.66. The molecular weight excluding hydrogens is 334 g/mol. The summed E-state index contributed by atoms with van der Waals surface area (Å²) in [5, 5.41) is 12.7. The first-order valence-corrected chi connectivity index (χ1v) is 6.84. The van der Waals surface area contributed by atoms with Crippen molar-refractivity contribution in [1.82, 2.24) is 0 Å². The third-order valence-electron chi connectivity index (χ3n) is 2.35. The number of aldehydes is 1. The molecule has 0 amide bonds. The van der Waals surface area contributed by atoms with Gasteiger partial charge in [0.2, 0.25) is 5.75 Å². The van der Waals surface area contributed by atoms with Crippen LogP contribution in [0, 0.1) is 17.0 Å². The van der Waals surface area contributed by atoms with Gasteiger partial charge in [0.05, 0.1) is 9.80 Å². The topological polar surface area (TPSA) is 69.4 Å². The smallest absolute Gasteiger partial charge is 0.312 e. The van der Waals surface area contributed by atoms with E-state index in [4.69, 9.17) is 4.74 Å². The zero-order chi connectivity index (χ0) is 14.0. The standard InChI is InChI=1S/C12H8BrNO4S/c1-7-2-8(13)3-11(14(16)17)12(7)18-9-4-10(5-15)19-6-9/h2-6H,1H3. The Morgan fingerprint density at radius 3 is 2.74 bits per heavy atom. The number of nitro groups is 1. The lowest BCUT2D eigenvalue weighted by molar-refractivity contribution is -0.385. The van der Waals surface area contributed by atoms with Gasteiger partial charge in [-0.3, -0.25) is 14.9 Å². The van der Waals surface area contributed by atoms with Crippen LogP contribution in [0.5, 0.6) is 11.5 Å². The fourth-order valence-corrected chi connectivity index (χ4v) is 2.72. The van der Waals surface area contributed by atoms with E-state index in [0.29, 0.717) is 26.9 Å². The monoisotopic (exact) mass is 341 g/mol. The molecule has 2 aromatic rings. The maximum absolute atomic E-state index is 11.0. The van der Waals surface area contributed by atoms with Crippen LogP contribution in [0.3, 0.4) is 0 Å². The summed E-state index contributed by atoms with van der Waals surface area (Å²) in [7, 11) is 0. The molecule has 0 unspecified atom stereocenters. The Bertz CT molecular complexity index is 653. The number of rotatable bonds is 4. The minimum atomic E-state index is -0.500. The van der Waals surface area contributed by atoms with Crippen LogP contribution < -0.4 is 4.74 Å². The maximum Gasteiger partial charge on any atom is 0.312 e. The van der Waals surface area contributed by atoms with Gasteiger partial charge in [0.1, 0.15) is 5.75 Å². The highest BCUT2D eigenvalue weighted by Gasteiger charge is 2.20. The van der Waals surface area contributed by atoms with Gasteiger partial charge in [-0.15, -0.1) is 11.3 Å². The van der Waals surface area contributed by atoms with Crippen LogP contribution in [0.25, 0.3) is 0 Å². The predicted molar refractivity (Wildman–Crippen MR) is 75.3 cm³/mol. The van der Waals surface area contributed by atoms with Crippen LogP contribution in [-0.4, -0.2) is 11.2 Å². The van der Waals surface area contributed by atoms with Gasteiger partial charge in [-0.1, -0.05) is 15.9 Å². The first kappa shape index (κ1) is 13.7. The van der Waals surface area contributed by atoms with E-state index in [1.54, 1.807) is 24.4 Å². The molecule has 1 heterocycles. The number of aryl methyl sites for hydroxylation is 1. The summed E-state index contributed by atoms with van der Waals surface area (Å²) in [4.78, 5) is 21.6. The second-order valence-corrected chi connectivity index (χ2v) is 5.59. The Hall–Kier alpha value is -1.73. The van der Waals surface area contributed by atoms with Crippen molar-refractivity contribution < 1.29 is 14.5 Å². The van der Waals surface area contributed by atoms with E-state index in [1.807, 2.05) is 0 Å². The molecule has 0 saturated heterocycles. The van der Waals surface area contributed by atoms with Gasteiger partial charge in [0, 0.05) is 22.0 Å². The average Bonchev–Trinajstić information content (AvgIpc) is 2.79. The Labute approximate surface area is 121 Å². The van der Waals surface area contributed by atoms with Crippen LogP contribution in [-0.2, 0) is 0 Å². The fourth-order valence-electron chi connectivity index (χ4n) is 1.55. The number of carbonyl (C=O) groups excluding carboxylic acids is 1. The van der Waals surface area contributed by atoms with E-state index >= 15 is 0 Å². The summed E-state index contributed by atoms with van der Waals surface area (Å²) < 4.78 is 6.14. The number of nitro benzene ring substituents is 1. The van der Waals surface area contributed by atoms with Crippen molar-refractivity contribution in [1.29, 1.82) is 0 Å². The van der Waals surface area contributed by atoms with Gasteiger partial charge >= 0.3 is 5.69 Å². The number of halogens is 1. The highest BCUT2D eigenvalue weighted by Crippen LogP contribution is 2.38. The van der Waals surface area contributed by atoms with Crippen LogP contribution in [0.1, 0.15) is 15.2 Å². The maximum atomic E-state index is 11.0. The van der Waals surface area contributed by atoms with Crippen molar-refractivity contribution in [3.05, 3.63) is 48.6 Å². The number of carbonyl (C=O) groups is 1. The molecule has 0 atom stereocenters. The molecule has 0 bridgehead atoms. The lowest BCUT2D eigenvalue weighted by Gasteiger charge is -2.08. The molecule has 98 valence electrons. The molecule has 1 aromatic carbocycles. The number of hydrogen-bond acceptors (Lipinski definition) is 5. The third-order valence-corrected chi connectivity index (χ3v) is 3.64. The molecule has 0 fully saturated rings. The fraction of sp³-hybridized carbons (Fsp3) is 0.0833. The van der Waals surface area contributed by atoms with Crippen molar-refractivity contribution in [2.75, 3.05) is 0 Å². The molecule has 7 heteroatoms. The lowest BCUT2D eigenvalue weighted by atomic mass is 10.2. The molecule has 0 aliphatic rings. The van der Waals surface area contributed by atoms with Crippen LogP contribution in [0.2, 0.25) is 0 Å². The molecule has 0 N–H and O–H groups in total. The molecule has 5 nitrogen and oxygen atoms in total. The minimum Gasteiger partial charge on any atom is -0.449 e. The van der Waals surface area contributed by atoms with Crippen LogP contribution in [0.15, 0.2) is 28.1 Å². The second-order valence-electron chi connectivity index (χ2n) is 3.73. The Kier molecular flexibility index (Phi) is 3.96. The number of thiophene rings is 1. The first-order valence-electron chi connectivity index (χ1n) is 5.17. The molecule has 0 aliphatic carbocycles. The van der Waals surface area contributed by atoms with E-state index in [-0.39, 0.29) is 11.4 Å². The van der Waals surface area contributed by atoms with Crippen molar-refractivity contribution >= 4 is 39.2 Å². The summed E-state index contributed by atoms with van der Waals surface area (Å²) in [5.74, 6) is 0.601. The van der Waals surface area contributed by atoms with E-state index in [0.717, 1.165) is 0 Å². The zero-order valence-corrected chi connectivity index (χ0v) is 12.2. The number of ether oxygens (including phenoxy) is 1. The molecule has 1 aromatic heterocycles. The van der Waals surface area contributed by atoms with Crippen molar-refractivity contribution in [2.45, 2.75) is 6.92 Å². The minimum absolute atomic E-state index is 0.120. The Morgan fingerprint density at radius 2 is 2.16 bits per heavy atom. The largest absolute Gasteiger partial charge is 0.449 e. The SMILES string of the molecule is Cc1cc(Br)cc([N+](=O)[O-])c1Oc1csc(C=O)c1. The summed E-state index contributed by atoms with van der Waals surface area (Å²) >= 11 is 4.43. The summed E-state index contributed by atoms with van der Waals surface area (Å²) in [6.07, 6.45) is 0.709. The summed E-state index contributed by atoms with van der Waals surface area (Å²) in [6.45, 7) is 1.72. The van der Waals surface area contributed by atoms with E-state index in [1.165, 1.54) is 17.4 Å². The number of hydrogen-bond donors (Lipinski definition) is 0. The third kappa shape index (κ3) is 2.99. The van der Waals surface area contributed by atoms with E-state index in [2.05, 4.69) is 15.9 Å². The van der Waals surface area contributed by atoms with Gasteiger partial charge in [-0.25, -0.2) is 0 Å². The van der Waals surface area contributed by atoms with Gasteiger partial charge in [-0.2, -0.15) is 0 Å². The molecule has 0 spiro atoms. The number of nitrogens with zero attached hydrogens (tertiary/aromatic N) is 1. The Balaban J connectivity index is 2.43. The molecule has 0 radical (unpaired) electrons. The number of benzene rings is 1. The predicted octanol–water partition coefficient (Wildman–Crippen LogP) is 4.33.